The number of hydrogen-bond acceptors (Lipinski definition) is 3. The van der Waals surface area contributed by atoms with Gasteiger partial charge in [-0.2, -0.15) is 0 Å². The van der Waals surface area contributed by atoms with E-state index in [-0.39, 0.29) is 11.9 Å². The molecule has 1 heterocycles. The Labute approximate surface area is 75.3 Å². The van der Waals surface area contributed by atoms with Crippen LogP contribution in [0, 0.1) is 0 Å². The first kappa shape index (κ1) is 7.86. The number of hydrogen-bond donors (Lipinski definition) is 0. The zero-order chi connectivity index (χ0) is 9.10. The molecule has 0 amide bonds. The van der Waals surface area contributed by atoms with Crippen LogP contribution in [0.4, 0.5) is 0 Å². The number of allylic oxidation sites excluding steroid dienone is 2. The topological polar surface area (TPSA) is 39.4 Å². The third-order valence-electron chi connectivity index (χ3n) is 1.68. The number of furan rings is 1. The van der Waals surface area contributed by atoms with Gasteiger partial charge in [0.25, 0.3) is 0 Å². The van der Waals surface area contributed by atoms with E-state index >= 15 is 0 Å². The Morgan fingerprint density at radius 3 is 2.77 bits per heavy atom. The zero-order valence-corrected chi connectivity index (χ0v) is 6.84. The van der Waals surface area contributed by atoms with Crippen LogP contribution in [0.3, 0.4) is 0 Å². The van der Waals surface area contributed by atoms with Crippen LogP contribution in [-0.2, 0) is 4.74 Å². The van der Waals surface area contributed by atoms with Crippen LogP contribution in [0.2, 0.25) is 0 Å². The van der Waals surface area contributed by atoms with E-state index in [1.807, 2.05) is 12.2 Å². The van der Waals surface area contributed by atoms with Crippen LogP contribution < -0.4 is 0 Å². The molecule has 0 saturated carbocycles. The lowest BCUT2D eigenvalue weighted by Gasteiger charge is -2.05. The van der Waals surface area contributed by atoms with E-state index in [1.165, 1.54) is 6.26 Å². The van der Waals surface area contributed by atoms with Gasteiger partial charge in [0.2, 0.25) is 5.76 Å². The van der Waals surface area contributed by atoms with Gasteiger partial charge in [-0.15, -0.1) is 0 Å². The lowest BCUT2D eigenvalue weighted by molar-refractivity contribution is 0.0429. The number of esters is 1. The summed E-state index contributed by atoms with van der Waals surface area (Å²) in [5, 5.41) is 0. The van der Waals surface area contributed by atoms with Crippen molar-refractivity contribution in [2.45, 2.75) is 6.10 Å². The standard InChI is InChI=1S/C10H8O3/c11-10(9-6-3-7-12-9)13-8-4-1-2-5-8/h1-8H. The maximum absolute atomic E-state index is 11.3. The van der Waals surface area contributed by atoms with E-state index in [0.29, 0.717) is 0 Å². The average Bonchev–Trinajstić information content (AvgIpc) is 2.74. The molecule has 2 rings (SSSR count). The van der Waals surface area contributed by atoms with Crippen molar-refractivity contribution in [1.29, 1.82) is 0 Å². The second-order valence-corrected chi connectivity index (χ2v) is 2.62. The van der Waals surface area contributed by atoms with Gasteiger partial charge in [0.1, 0.15) is 6.10 Å². The lowest BCUT2D eigenvalue weighted by Crippen LogP contribution is -2.11. The fourth-order valence-electron chi connectivity index (χ4n) is 1.07. The molecule has 0 bridgehead atoms. The highest BCUT2D eigenvalue weighted by Gasteiger charge is 2.14. The molecule has 0 aliphatic heterocycles. The third-order valence-corrected chi connectivity index (χ3v) is 1.68. The van der Waals surface area contributed by atoms with Gasteiger partial charge < -0.3 is 9.15 Å². The third kappa shape index (κ3) is 1.69. The highest BCUT2D eigenvalue weighted by Crippen LogP contribution is 2.09. The number of ether oxygens (including phenoxy) is 1. The Balaban J connectivity index is 1.99. The molecule has 1 aromatic rings. The van der Waals surface area contributed by atoms with Crippen molar-refractivity contribution < 1.29 is 13.9 Å². The molecule has 0 aromatic carbocycles. The molecular weight excluding hydrogens is 168 g/mol. The summed E-state index contributed by atoms with van der Waals surface area (Å²) in [6.07, 6.45) is 8.44. The molecule has 1 aliphatic carbocycles. The van der Waals surface area contributed by atoms with E-state index in [2.05, 4.69) is 0 Å². The fraction of sp³-hybridized carbons (Fsp3) is 0.100. The predicted molar refractivity (Wildman–Crippen MR) is 46.2 cm³/mol. The molecule has 0 unspecified atom stereocenters. The average molecular weight is 176 g/mol. The molecule has 0 spiro atoms. The number of carbonyl (C=O) groups is 1. The molecule has 13 heavy (non-hydrogen) atoms. The van der Waals surface area contributed by atoms with Crippen molar-refractivity contribution in [2.75, 3.05) is 0 Å². The smallest absolute Gasteiger partial charge is 0.375 e. The summed E-state index contributed by atoms with van der Waals surface area (Å²) in [5.74, 6) is -0.208. The molecule has 3 heteroatoms. The van der Waals surface area contributed by atoms with Crippen LogP contribution in [-0.4, -0.2) is 12.1 Å². The van der Waals surface area contributed by atoms with Gasteiger partial charge in [-0.25, -0.2) is 4.79 Å². The van der Waals surface area contributed by atoms with Gasteiger partial charge >= 0.3 is 5.97 Å². The summed E-state index contributed by atoms with van der Waals surface area (Å²) in [4.78, 5) is 11.3. The van der Waals surface area contributed by atoms with Gasteiger partial charge in [-0.1, -0.05) is 12.2 Å². The number of carbonyl (C=O) groups excluding carboxylic acids is 1. The second-order valence-electron chi connectivity index (χ2n) is 2.62. The first-order chi connectivity index (χ1) is 6.36. The summed E-state index contributed by atoms with van der Waals surface area (Å²) in [5.41, 5.74) is 0. The van der Waals surface area contributed by atoms with Crippen LogP contribution >= 0.6 is 0 Å². The Hall–Kier alpha value is -1.77. The zero-order valence-electron chi connectivity index (χ0n) is 6.84. The summed E-state index contributed by atoms with van der Waals surface area (Å²) < 4.78 is 9.93. The molecule has 66 valence electrons. The van der Waals surface area contributed by atoms with Crippen molar-refractivity contribution in [3.8, 4) is 0 Å². The Kier molecular flexibility index (Phi) is 2.00. The first-order valence-corrected chi connectivity index (χ1v) is 3.96. The highest BCUT2D eigenvalue weighted by molar-refractivity contribution is 5.86. The van der Waals surface area contributed by atoms with Crippen LogP contribution in [0.15, 0.2) is 47.1 Å². The van der Waals surface area contributed by atoms with Gasteiger partial charge in [0, 0.05) is 0 Å². The molecule has 0 N–H and O–H groups in total. The first-order valence-electron chi connectivity index (χ1n) is 3.96. The van der Waals surface area contributed by atoms with Gasteiger partial charge in [0.05, 0.1) is 6.26 Å². The minimum atomic E-state index is -0.439. The summed E-state index contributed by atoms with van der Waals surface area (Å²) in [6.45, 7) is 0. The molecule has 1 aromatic heterocycles. The van der Waals surface area contributed by atoms with Gasteiger partial charge in [0.15, 0.2) is 0 Å². The Morgan fingerprint density at radius 1 is 1.38 bits per heavy atom. The minimum absolute atomic E-state index is 0.230. The van der Waals surface area contributed by atoms with E-state index in [9.17, 15) is 4.79 Å². The molecule has 0 fully saturated rings. The molecule has 1 aliphatic rings. The SMILES string of the molecule is O=C(OC1C=CC=C1)c1ccco1. The molecule has 0 saturated heterocycles. The van der Waals surface area contributed by atoms with Crippen molar-refractivity contribution >= 4 is 5.97 Å². The van der Waals surface area contributed by atoms with Crippen molar-refractivity contribution in [2.24, 2.45) is 0 Å². The monoisotopic (exact) mass is 176 g/mol. The van der Waals surface area contributed by atoms with E-state index in [4.69, 9.17) is 9.15 Å². The maximum Gasteiger partial charge on any atom is 0.375 e. The molecular formula is C10H8O3. The largest absolute Gasteiger partial charge is 0.457 e. The normalized spacial score (nSPS) is 15.1. The lowest BCUT2D eigenvalue weighted by atomic mass is 10.4. The minimum Gasteiger partial charge on any atom is -0.457 e. The van der Waals surface area contributed by atoms with Crippen molar-refractivity contribution in [3.63, 3.8) is 0 Å². The second kappa shape index (κ2) is 3.31. The predicted octanol–water partition coefficient (Wildman–Crippen LogP) is 1.93. The van der Waals surface area contributed by atoms with Crippen LogP contribution in [0.5, 0.6) is 0 Å². The highest BCUT2D eigenvalue weighted by atomic mass is 16.6. The molecule has 3 nitrogen and oxygen atoms in total. The molecule has 0 atom stereocenters. The van der Waals surface area contributed by atoms with Crippen LogP contribution in [0.25, 0.3) is 0 Å². The van der Waals surface area contributed by atoms with E-state index in [1.54, 1.807) is 24.3 Å². The molecule has 0 radical (unpaired) electrons. The van der Waals surface area contributed by atoms with Gasteiger partial charge in [-0.05, 0) is 24.3 Å². The number of rotatable bonds is 2. The maximum atomic E-state index is 11.3. The quantitative estimate of drug-likeness (QED) is 0.646. The Morgan fingerprint density at radius 2 is 2.15 bits per heavy atom. The summed E-state index contributed by atoms with van der Waals surface area (Å²) in [7, 11) is 0. The van der Waals surface area contributed by atoms with E-state index < -0.39 is 5.97 Å². The van der Waals surface area contributed by atoms with E-state index in [0.717, 1.165) is 0 Å². The van der Waals surface area contributed by atoms with Gasteiger partial charge in [-0.3, -0.25) is 0 Å². The summed E-state index contributed by atoms with van der Waals surface area (Å²) >= 11 is 0. The van der Waals surface area contributed by atoms with Crippen LogP contribution in [0.1, 0.15) is 10.6 Å². The summed E-state index contributed by atoms with van der Waals surface area (Å²) in [6, 6.07) is 3.22. The van der Waals surface area contributed by atoms with Crippen molar-refractivity contribution in [1.82, 2.24) is 0 Å². The van der Waals surface area contributed by atoms with Crippen molar-refractivity contribution in [3.05, 3.63) is 48.5 Å². The Bertz CT molecular complexity index is 334. The fourth-order valence-corrected chi connectivity index (χ4v) is 1.07.